The maximum absolute atomic E-state index is 12.5. The third kappa shape index (κ3) is 3.93. The van der Waals surface area contributed by atoms with E-state index in [-0.39, 0.29) is 11.4 Å². The fourth-order valence-corrected chi connectivity index (χ4v) is 4.03. The first-order valence-corrected chi connectivity index (χ1v) is 8.75. The van der Waals surface area contributed by atoms with Crippen molar-refractivity contribution < 1.29 is 9.53 Å². The standard InChI is InChI=1S/C17H28N4O2/c1-23-13-17(7-2-3-8-17)20-16(22)12-21-15(6-10-19-21)14-5-4-9-18-11-14/h6,10,14,18H,2-5,7-9,11-13H2,1H3,(H,20,22)/t14-/m0/s1. The van der Waals surface area contributed by atoms with Crippen LogP contribution in [-0.4, -0.2) is 48.0 Å². The number of amides is 1. The minimum Gasteiger partial charge on any atom is -0.382 e. The fourth-order valence-electron chi connectivity index (χ4n) is 4.03. The fraction of sp³-hybridized carbons (Fsp3) is 0.765. The molecule has 0 unspecified atom stereocenters. The first-order valence-electron chi connectivity index (χ1n) is 8.75. The van der Waals surface area contributed by atoms with E-state index in [0.29, 0.717) is 19.1 Å². The van der Waals surface area contributed by atoms with Crippen molar-refractivity contribution in [3.05, 3.63) is 18.0 Å². The minimum absolute atomic E-state index is 0.0395. The van der Waals surface area contributed by atoms with Crippen LogP contribution >= 0.6 is 0 Å². The van der Waals surface area contributed by atoms with Crippen molar-refractivity contribution in [3.8, 4) is 0 Å². The molecule has 3 rings (SSSR count). The molecule has 23 heavy (non-hydrogen) atoms. The Hall–Kier alpha value is -1.40. The maximum Gasteiger partial charge on any atom is 0.242 e. The molecule has 2 N–H and O–H groups in total. The largest absolute Gasteiger partial charge is 0.382 e. The molecule has 6 heteroatoms. The summed E-state index contributed by atoms with van der Waals surface area (Å²) in [5, 5.41) is 11.0. The highest BCUT2D eigenvalue weighted by Crippen LogP contribution is 2.30. The van der Waals surface area contributed by atoms with Crippen molar-refractivity contribution in [2.45, 2.75) is 56.5 Å². The van der Waals surface area contributed by atoms with Gasteiger partial charge in [-0.1, -0.05) is 12.8 Å². The van der Waals surface area contributed by atoms with Crippen LogP contribution < -0.4 is 10.6 Å². The Bertz CT molecular complexity index is 516. The van der Waals surface area contributed by atoms with Crippen LogP contribution in [-0.2, 0) is 16.1 Å². The van der Waals surface area contributed by atoms with Crippen molar-refractivity contribution >= 4 is 5.91 Å². The van der Waals surface area contributed by atoms with Crippen molar-refractivity contribution in [2.75, 3.05) is 26.8 Å². The van der Waals surface area contributed by atoms with Crippen LogP contribution in [0.4, 0.5) is 0 Å². The summed E-state index contributed by atoms with van der Waals surface area (Å²) >= 11 is 0. The average Bonchev–Trinajstić information content (AvgIpc) is 3.18. The van der Waals surface area contributed by atoms with Gasteiger partial charge in [0.1, 0.15) is 6.54 Å². The molecule has 1 aliphatic heterocycles. The third-order valence-electron chi connectivity index (χ3n) is 5.14. The third-order valence-corrected chi connectivity index (χ3v) is 5.14. The van der Waals surface area contributed by atoms with E-state index in [1.807, 2.05) is 10.7 Å². The van der Waals surface area contributed by atoms with E-state index < -0.39 is 0 Å². The first-order chi connectivity index (χ1) is 11.2. The number of piperidine rings is 1. The van der Waals surface area contributed by atoms with E-state index >= 15 is 0 Å². The molecule has 0 aromatic carbocycles. The van der Waals surface area contributed by atoms with Gasteiger partial charge in [0.2, 0.25) is 5.91 Å². The first kappa shape index (κ1) is 16.5. The van der Waals surface area contributed by atoms with E-state index in [4.69, 9.17) is 4.74 Å². The highest BCUT2D eigenvalue weighted by molar-refractivity contribution is 5.76. The number of nitrogens with zero attached hydrogens (tertiary/aromatic N) is 2. The molecular formula is C17H28N4O2. The van der Waals surface area contributed by atoms with Crippen LogP contribution in [0.3, 0.4) is 0 Å². The lowest BCUT2D eigenvalue weighted by molar-refractivity contribution is -0.124. The summed E-state index contributed by atoms with van der Waals surface area (Å²) in [5.41, 5.74) is 0.991. The molecule has 128 valence electrons. The van der Waals surface area contributed by atoms with Crippen LogP contribution in [0.2, 0.25) is 0 Å². The lowest BCUT2D eigenvalue weighted by Gasteiger charge is -2.30. The minimum atomic E-state index is -0.175. The van der Waals surface area contributed by atoms with Crippen molar-refractivity contribution in [1.29, 1.82) is 0 Å². The highest BCUT2D eigenvalue weighted by atomic mass is 16.5. The van der Waals surface area contributed by atoms with Gasteiger partial charge in [-0.05, 0) is 38.3 Å². The molecule has 1 atom stereocenters. The number of carbonyl (C=O) groups excluding carboxylic acids is 1. The summed E-state index contributed by atoms with van der Waals surface area (Å²) in [6, 6.07) is 2.05. The Labute approximate surface area is 138 Å². The van der Waals surface area contributed by atoms with E-state index in [1.165, 1.54) is 12.1 Å². The van der Waals surface area contributed by atoms with Crippen LogP contribution in [0.5, 0.6) is 0 Å². The second kappa shape index (κ2) is 7.45. The monoisotopic (exact) mass is 320 g/mol. The van der Waals surface area contributed by atoms with Crippen molar-refractivity contribution in [3.63, 3.8) is 0 Å². The molecule has 0 radical (unpaired) electrons. The van der Waals surface area contributed by atoms with Gasteiger partial charge in [-0.25, -0.2) is 0 Å². The summed E-state index contributed by atoms with van der Waals surface area (Å²) < 4.78 is 7.20. The van der Waals surface area contributed by atoms with Gasteiger partial charge >= 0.3 is 0 Å². The van der Waals surface area contributed by atoms with Crippen molar-refractivity contribution in [1.82, 2.24) is 20.4 Å². The number of methoxy groups -OCH3 is 1. The molecule has 6 nitrogen and oxygen atoms in total. The Morgan fingerprint density at radius 3 is 3.00 bits per heavy atom. The average molecular weight is 320 g/mol. The summed E-state index contributed by atoms with van der Waals surface area (Å²) in [4.78, 5) is 12.5. The molecule has 2 heterocycles. The number of rotatable bonds is 6. The van der Waals surface area contributed by atoms with Crippen LogP contribution in [0.15, 0.2) is 12.3 Å². The lowest BCUT2D eigenvalue weighted by atomic mass is 9.96. The van der Waals surface area contributed by atoms with E-state index in [1.54, 1.807) is 13.3 Å². The molecule has 1 aliphatic carbocycles. The van der Waals surface area contributed by atoms with Gasteiger partial charge in [-0.2, -0.15) is 5.10 Å². The SMILES string of the molecule is COCC1(NC(=O)Cn2nccc2[C@H]2CCCNC2)CCCC1. The van der Waals surface area contributed by atoms with E-state index in [2.05, 4.69) is 15.7 Å². The van der Waals surface area contributed by atoms with Gasteiger partial charge in [0.25, 0.3) is 0 Å². The van der Waals surface area contributed by atoms with Gasteiger partial charge in [0.05, 0.1) is 12.1 Å². The second-order valence-corrected chi connectivity index (χ2v) is 6.93. The summed E-state index contributed by atoms with van der Waals surface area (Å²) in [5.74, 6) is 0.496. The van der Waals surface area contributed by atoms with E-state index in [9.17, 15) is 4.79 Å². The predicted octanol–water partition coefficient (Wildman–Crippen LogP) is 1.43. The summed E-state index contributed by atoms with van der Waals surface area (Å²) in [6.45, 7) is 2.95. The topological polar surface area (TPSA) is 68.2 Å². The predicted molar refractivity (Wildman–Crippen MR) is 88.3 cm³/mol. The molecule has 1 aromatic rings. The zero-order chi connectivity index (χ0) is 16.1. The molecule has 1 aromatic heterocycles. The van der Waals surface area contributed by atoms with Gasteiger partial charge in [-0.15, -0.1) is 0 Å². The van der Waals surface area contributed by atoms with Gasteiger partial charge in [-0.3, -0.25) is 9.48 Å². The smallest absolute Gasteiger partial charge is 0.242 e. The van der Waals surface area contributed by atoms with Crippen LogP contribution in [0.25, 0.3) is 0 Å². The Morgan fingerprint density at radius 1 is 1.48 bits per heavy atom. The molecule has 0 bridgehead atoms. The number of hydrogen-bond acceptors (Lipinski definition) is 4. The van der Waals surface area contributed by atoms with Crippen LogP contribution in [0.1, 0.15) is 50.1 Å². The zero-order valence-electron chi connectivity index (χ0n) is 14.0. The van der Waals surface area contributed by atoms with Gasteiger partial charge in [0, 0.05) is 31.5 Å². The molecule has 2 aliphatic rings. The number of carbonyl (C=O) groups is 1. The zero-order valence-corrected chi connectivity index (χ0v) is 14.0. The molecule has 1 saturated carbocycles. The molecule has 1 saturated heterocycles. The number of aromatic nitrogens is 2. The second-order valence-electron chi connectivity index (χ2n) is 6.93. The Morgan fingerprint density at radius 2 is 2.30 bits per heavy atom. The maximum atomic E-state index is 12.5. The summed E-state index contributed by atoms with van der Waals surface area (Å²) in [6.07, 6.45) is 8.47. The lowest BCUT2D eigenvalue weighted by Crippen LogP contribution is -2.50. The van der Waals surface area contributed by atoms with Gasteiger partial charge in [0.15, 0.2) is 0 Å². The molecule has 2 fully saturated rings. The van der Waals surface area contributed by atoms with Crippen LogP contribution in [0, 0.1) is 0 Å². The quantitative estimate of drug-likeness (QED) is 0.832. The highest BCUT2D eigenvalue weighted by Gasteiger charge is 2.35. The summed E-state index contributed by atoms with van der Waals surface area (Å²) in [7, 11) is 1.70. The van der Waals surface area contributed by atoms with E-state index in [0.717, 1.165) is 45.2 Å². The van der Waals surface area contributed by atoms with Gasteiger partial charge < -0.3 is 15.4 Å². The molecule has 0 spiro atoms. The number of ether oxygens (including phenoxy) is 1. The Balaban J connectivity index is 1.62. The molecule has 1 amide bonds. The normalized spacial score (nSPS) is 23.8. The number of nitrogens with one attached hydrogen (secondary N) is 2. The number of hydrogen-bond donors (Lipinski definition) is 2. The van der Waals surface area contributed by atoms with Crippen molar-refractivity contribution in [2.24, 2.45) is 0 Å². The molecular weight excluding hydrogens is 292 g/mol. The Kier molecular flexibility index (Phi) is 5.33.